The first-order valence-corrected chi connectivity index (χ1v) is 20.5. The molecule has 2 N–H and O–H groups in total. The largest absolute Gasteiger partial charge is 0.396 e. The molecule has 0 unspecified atom stereocenters. The number of rotatable bonds is 6. The van der Waals surface area contributed by atoms with Crippen molar-refractivity contribution in [2.45, 2.75) is 20.8 Å². The van der Waals surface area contributed by atoms with E-state index in [9.17, 15) is 0 Å². The molecule has 274 valence electrons. The summed E-state index contributed by atoms with van der Waals surface area (Å²) in [6.45, 7) is 6.08. The van der Waals surface area contributed by atoms with Crippen LogP contribution >= 0.6 is 11.3 Å². The molecule has 0 aliphatic rings. The number of thiophene rings is 1. The summed E-state index contributed by atoms with van der Waals surface area (Å²) in [6.07, 6.45) is 0. The molecule has 0 saturated carbocycles. The van der Waals surface area contributed by atoms with Gasteiger partial charge in [0.2, 0.25) is 0 Å². The van der Waals surface area contributed by atoms with Crippen LogP contribution in [0.3, 0.4) is 0 Å². The second kappa shape index (κ2) is 15.4. The van der Waals surface area contributed by atoms with E-state index in [1.807, 2.05) is 31.3 Å². The molecule has 0 bridgehead atoms. The fraction of sp³-hybridized carbons (Fsp3) is 0.0556. The Morgan fingerprint density at radius 1 is 0.404 bits per heavy atom. The number of anilines is 1. The van der Waals surface area contributed by atoms with Crippen LogP contribution in [0.4, 0.5) is 11.4 Å². The Labute approximate surface area is 338 Å². The zero-order valence-corrected chi connectivity index (χ0v) is 33.1. The molecule has 57 heavy (non-hydrogen) atoms. The zero-order chi connectivity index (χ0) is 38.9. The van der Waals surface area contributed by atoms with E-state index in [0.29, 0.717) is 5.69 Å². The number of hydrogen-bond donors (Lipinski definition) is 1. The summed E-state index contributed by atoms with van der Waals surface area (Å²) in [6, 6.07) is 67.4. The van der Waals surface area contributed by atoms with Crippen LogP contribution in [0.1, 0.15) is 26.3 Å². The Kier molecular flexibility index (Phi) is 9.68. The van der Waals surface area contributed by atoms with Crippen molar-refractivity contribution >= 4 is 70.1 Å². The molecule has 1 aromatic heterocycles. The van der Waals surface area contributed by atoms with Gasteiger partial charge in [-0.3, -0.25) is 4.99 Å². The van der Waals surface area contributed by atoms with Crippen molar-refractivity contribution in [2.24, 2.45) is 4.99 Å². The van der Waals surface area contributed by atoms with Crippen LogP contribution in [0, 0.1) is 0 Å². The summed E-state index contributed by atoms with van der Waals surface area (Å²) in [5.41, 5.74) is 20.1. The molecular formula is C54H42N2S. The molecule has 10 aromatic rings. The normalized spacial score (nSPS) is 11.6. The summed E-state index contributed by atoms with van der Waals surface area (Å²) in [4.78, 5) is 5.21. The van der Waals surface area contributed by atoms with Crippen molar-refractivity contribution in [3.8, 4) is 44.5 Å². The zero-order valence-electron chi connectivity index (χ0n) is 32.3. The highest BCUT2D eigenvalue weighted by Gasteiger charge is 2.19. The van der Waals surface area contributed by atoms with Crippen LogP contribution in [0.2, 0.25) is 0 Å². The molecule has 0 aliphatic carbocycles. The molecular weight excluding hydrogens is 709 g/mol. The average molecular weight is 751 g/mol. The standard InChI is InChI=1S/C52H36N2S.C2H6/c1-33(54-50-44-24-14-12-22-42(44)41-21-11-13-23-43(41)49(50)53)34-25-27-38(28-26-34)46-30-40(36-17-7-3-8-18-36)32-48-47-31-39(35-15-5-2-6-16-35)29-45(51(47)55-52(46)48)37-19-9-4-10-20-37;1-2/h2-32H,53H2,1H3;1-2H3. The lowest BCUT2D eigenvalue weighted by molar-refractivity contribution is 1.50. The second-order valence-electron chi connectivity index (χ2n) is 14.1. The number of aliphatic imine (C=N–C) groups is 1. The topological polar surface area (TPSA) is 38.4 Å². The molecule has 3 heteroatoms. The molecule has 0 aliphatic heterocycles. The predicted molar refractivity (Wildman–Crippen MR) is 250 cm³/mol. The van der Waals surface area contributed by atoms with Gasteiger partial charge in [-0.1, -0.05) is 178 Å². The fourth-order valence-corrected chi connectivity index (χ4v) is 9.35. The van der Waals surface area contributed by atoms with Crippen LogP contribution in [0.5, 0.6) is 0 Å². The minimum Gasteiger partial charge on any atom is -0.396 e. The van der Waals surface area contributed by atoms with Gasteiger partial charge in [0.15, 0.2) is 0 Å². The molecule has 0 radical (unpaired) electrons. The second-order valence-corrected chi connectivity index (χ2v) is 15.1. The summed E-state index contributed by atoms with van der Waals surface area (Å²) in [5, 5.41) is 6.94. The van der Waals surface area contributed by atoms with Crippen LogP contribution in [-0.2, 0) is 0 Å². The summed E-state index contributed by atoms with van der Waals surface area (Å²) < 4.78 is 2.58. The molecule has 0 atom stereocenters. The Morgan fingerprint density at radius 2 is 0.807 bits per heavy atom. The van der Waals surface area contributed by atoms with E-state index in [1.165, 1.54) is 64.7 Å². The van der Waals surface area contributed by atoms with Gasteiger partial charge in [-0.2, -0.15) is 0 Å². The highest BCUT2D eigenvalue weighted by atomic mass is 32.1. The van der Waals surface area contributed by atoms with E-state index in [0.717, 1.165) is 38.5 Å². The minimum absolute atomic E-state index is 0.709. The van der Waals surface area contributed by atoms with Gasteiger partial charge in [-0.05, 0) is 80.9 Å². The van der Waals surface area contributed by atoms with Crippen molar-refractivity contribution in [3.63, 3.8) is 0 Å². The first-order chi connectivity index (χ1) is 28.1. The summed E-state index contributed by atoms with van der Waals surface area (Å²) in [7, 11) is 0. The number of benzene rings is 9. The highest BCUT2D eigenvalue weighted by molar-refractivity contribution is 7.27. The molecule has 0 spiro atoms. The maximum Gasteiger partial charge on any atom is 0.0947 e. The van der Waals surface area contributed by atoms with Crippen molar-refractivity contribution < 1.29 is 0 Å². The van der Waals surface area contributed by atoms with Crippen molar-refractivity contribution in [2.75, 3.05) is 5.73 Å². The van der Waals surface area contributed by atoms with Crippen LogP contribution < -0.4 is 5.73 Å². The van der Waals surface area contributed by atoms with E-state index < -0.39 is 0 Å². The molecule has 0 saturated heterocycles. The third-order valence-corrected chi connectivity index (χ3v) is 12.1. The van der Waals surface area contributed by atoms with Crippen LogP contribution in [0.25, 0.3) is 86.2 Å². The van der Waals surface area contributed by atoms with Gasteiger partial charge in [0.1, 0.15) is 0 Å². The minimum atomic E-state index is 0.709. The molecule has 0 fully saturated rings. The Balaban J connectivity index is 0.00000208. The fourth-order valence-electron chi connectivity index (χ4n) is 8.01. The van der Waals surface area contributed by atoms with Gasteiger partial charge >= 0.3 is 0 Å². The van der Waals surface area contributed by atoms with E-state index in [1.54, 1.807) is 0 Å². The molecule has 2 nitrogen and oxygen atoms in total. The first kappa shape index (κ1) is 35.9. The highest BCUT2D eigenvalue weighted by Crippen LogP contribution is 2.47. The molecule has 0 amide bonds. The summed E-state index contributed by atoms with van der Waals surface area (Å²) >= 11 is 1.89. The number of nitrogens with zero attached hydrogens (tertiary/aromatic N) is 1. The smallest absolute Gasteiger partial charge is 0.0947 e. The number of nitrogens with two attached hydrogens (primary N) is 1. The van der Waals surface area contributed by atoms with Crippen molar-refractivity contribution in [3.05, 3.63) is 194 Å². The van der Waals surface area contributed by atoms with Gasteiger partial charge in [0.05, 0.1) is 11.4 Å². The van der Waals surface area contributed by atoms with Crippen molar-refractivity contribution in [1.82, 2.24) is 0 Å². The average Bonchev–Trinajstić information content (AvgIpc) is 3.67. The lowest BCUT2D eigenvalue weighted by Gasteiger charge is -2.13. The lowest BCUT2D eigenvalue weighted by Crippen LogP contribution is -1.96. The van der Waals surface area contributed by atoms with E-state index >= 15 is 0 Å². The number of fused-ring (bicyclic) bond motifs is 6. The Hall–Kier alpha value is -6.81. The van der Waals surface area contributed by atoms with E-state index in [4.69, 9.17) is 10.7 Å². The van der Waals surface area contributed by atoms with Crippen LogP contribution in [0.15, 0.2) is 193 Å². The quantitative estimate of drug-likeness (QED) is 0.103. The first-order valence-electron chi connectivity index (χ1n) is 19.7. The molecule has 10 rings (SSSR count). The van der Waals surface area contributed by atoms with Gasteiger partial charge in [-0.15, -0.1) is 11.3 Å². The maximum atomic E-state index is 6.84. The summed E-state index contributed by atoms with van der Waals surface area (Å²) in [5.74, 6) is 0. The third-order valence-electron chi connectivity index (χ3n) is 10.8. The third kappa shape index (κ3) is 6.56. The van der Waals surface area contributed by atoms with E-state index in [-0.39, 0.29) is 0 Å². The maximum absolute atomic E-state index is 6.84. The SMILES string of the molecule is CC.CC(=Nc1c(N)c2ccccc2c2ccccc12)c1ccc(-c2cc(-c3ccccc3)cc3c2sc2c(-c4ccccc4)cc(-c4ccccc4)cc23)cc1. The Bertz CT molecular complexity index is 3070. The van der Waals surface area contributed by atoms with E-state index in [2.05, 4.69) is 189 Å². The Morgan fingerprint density at radius 3 is 1.32 bits per heavy atom. The van der Waals surface area contributed by atoms with Gasteiger partial charge < -0.3 is 5.73 Å². The molecule has 9 aromatic carbocycles. The van der Waals surface area contributed by atoms with Gasteiger partial charge in [0, 0.05) is 47.8 Å². The number of nitrogen functional groups attached to an aromatic ring is 1. The lowest BCUT2D eigenvalue weighted by atomic mass is 9.93. The van der Waals surface area contributed by atoms with Gasteiger partial charge in [-0.25, -0.2) is 0 Å². The monoisotopic (exact) mass is 750 g/mol. The predicted octanol–water partition coefficient (Wildman–Crippen LogP) is 15.8. The number of hydrogen-bond acceptors (Lipinski definition) is 3. The van der Waals surface area contributed by atoms with Crippen LogP contribution in [-0.4, -0.2) is 5.71 Å². The molecule has 1 heterocycles. The van der Waals surface area contributed by atoms with Crippen molar-refractivity contribution in [1.29, 1.82) is 0 Å². The van der Waals surface area contributed by atoms with Gasteiger partial charge in [0.25, 0.3) is 0 Å².